The number of hydrogen-bond donors (Lipinski definition) is 1. The largest absolute Gasteiger partial charge is 0.382 e. The van der Waals surface area contributed by atoms with Gasteiger partial charge in [0.1, 0.15) is 0 Å². The van der Waals surface area contributed by atoms with Crippen LogP contribution in [0.4, 0.5) is 32.0 Å². The molecule has 0 aromatic heterocycles. The Morgan fingerprint density at radius 1 is 0.919 bits per heavy atom. The molecule has 0 bridgehead atoms. The zero-order valence-corrected chi connectivity index (χ0v) is 22.9. The van der Waals surface area contributed by atoms with Crippen LogP contribution in [0.2, 0.25) is 0 Å². The smallest absolute Gasteiger partial charge is 0.379 e. The van der Waals surface area contributed by atoms with Gasteiger partial charge in [-0.05, 0) is 31.2 Å². The van der Waals surface area contributed by atoms with Crippen molar-refractivity contribution in [2.75, 3.05) is 7.11 Å². The highest BCUT2D eigenvalue weighted by molar-refractivity contribution is 5.67. The number of aryl methyl sites for hydroxylation is 1. The summed E-state index contributed by atoms with van der Waals surface area (Å²) in [5.74, 6) is 1.04. The number of hydrogen-bond acceptors (Lipinski definition) is 3. The Bertz CT molecular complexity index is 711. The molecule has 216 valence electrons. The predicted octanol–water partition coefficient (Wildman–Crippen LogP) is 9.83. The molecule has 0 radical (unpaired) electrons. The van der Waals surface area contributed by atoms with E-state index >= 15 is 0 Å². The predicted molar refractivity (Wildman–Crippen MR) is 138 cm³/mol. The monoisotopic (exact) mass is 543 g/mol. The highest BCUT2D eigenvalue weighted by atomic mass is 19.4. The van der Waals surface area contributed by atoms with E-state index in [1.54, 1.807) is 6.07 Å². The van der Waals surface area contributed by atoms with E-state index in [0.29, 0.717) is 16.7 Å². The van der Waals surface area contributed by atoms with Gasteiger partial charge >= 0.3 is 19.0 Å². The lowest BCUT2D eigenvalue weighted by Crippen LogP contribution is -2.29. The summed E-state index contributed by atoms with van der Waals surface area (Å²) in [5.41, 5.74) is 3.46. The Labute approximate surface area is 218 Å². The molecular weight excluding hydrogens is 498 g/mol. The minimum absolute atomic E-state index is 0.486. The molecule has 2 saturated carbocycles. The van der Waals surface area contributed by atoms with Crippen LogP contribution in [0.5, 0.6) is 0 Å². The first-order valence-corrected chi connectivity index (χ1v) is 12.9. The van der Waals surface area contributed by atoms with Gasteiger partial charge in [0.15, 0.2) is 7.11 Å². The summed E-state index contributed by atoms with van der Waals surface area (Å²) >= 11 is 0. The molecule has 37 heavy (non-hydrogen) atoms. The highest BCUT2D eigenvalue weighted by Gasteiger charge is 2.19. The topological polar surface area (TPSA) is 41.3 Å². The van der Waals surface area contributed by atoms with Crippen LogP contribution in [-0.4, -0.2) is 31.4 Å². The molecule has 3 rings (SSSR count). The molecule has 1 aromatic carbocycles. The van der Waals surface area contributed by atoms with Crippen molar-refractivity contribution < 1.29 is 36.1 Å². The SMILES string of the molecule is C=C(NC1CCCCC1)c1cc([N+](=O)OC)ccc1C.CC.CC1CCCCC1.FC(F)F.FC(F)F. The third kappa shape index (κ3) is 20.5. The lowest BCUT2D eigenvalue weighted by atomic mass is 9.91. The fourth-order valence-electron chi connectivity index (χ4n) is 4.03. The molecule has 1 aromatic rings. The van der Waals surface area contributed by atoms with E-state index in [2.05, 4.69) is 23.7 Å². The van der Waals surface area contributed by atoms with Crippen molar-refractivity contribution >= 4 is 11.4 Å². The fourth-order valence-corrected chi connectivity index (χ4v) is 4.03. The maximum absolute atomic E-state index is 11.5. The van der Waals surface area contributed by atoms with Gasteiger partial charge in [-0.25, -0.2) is 4.84 Å². The Morgan fingerprint density at radius 2 is 1.35 bits per heavy atom. The highest BCUT2D eigenvalue weighted by Crippen LogP contribution is 2.25. The van der Waals surface area contributed by atoms with Crippen LogP contribution in [0, 0.1) is 17.7 Å². The molecule has 0 amide bonds. The van der Waals surface area contributed by atoms with Crippen LogP contribution in [-0.2, 0) is 4.84 Å². The average Bonchev–Trinajstić information content (AvgIpc) is 2.86. The molecular formula is C27H45F6N2O2+. The van der Waals surface area contributed by atoms with Gasteiger partial charge in [0.05, 0.1) is 4.91 Å². The molecule has 0 saturated heterocycles. The first-order chi connectivity index (χ1) is 17.5. The minimum atomic E-state index is -3.67. The van der Waals surface area contributed by atoms with Gasteiger partial charge in [0.2, 0.25) is 0 Å². The summed E-state index contributed by atoms with van der Waals surface area (Å²) in [7, 11) is 1.36. The van der Waals surface area contributed by atoms with E-state index < -0.39 is 13.4 Å². The Kier molecular flexibility index (Phi) is 22.8. The van der Waals surface area contributed by atoms with Crippen molar-refractivity contribution in [3.05, 3.63) is 40.8 Å². The molecule has 4 nitrogen and oxygen atoms in total. The van der Waals surface area contributed by atoms with E-state index in [-0.39, 0.29) is 0 Å². The fraction of sp³-hybridized carbons (Fsp3) is 0.704. The lowest BCUT2D eigenvalue weighted by molar-refractivity contribution is -0.736. The molecule has 2 fully saturated rings. The second-order valence-corrected chi connectivity index (χ2v) is 8.63. The normalized spacial score (nSPS) is 15.4. The number of alkyl halides is 6. The number of nitrogens with one attached hydrogen (secondary N) is 1. The van der Waals surface area contributed by atoms with Crippen LogP contribution >= 0.6 is 0 Å². The van der Waals surface area contributed by atoms with Gasteiger partial charge in [-0.2, -0.15) is 26.3 Å². The lowest BCUT2D eigenvalue weighted by Gasteiger charge is -2.25. The van der Waals surface area contributed by atoms with Crippen LogP contribution in [0.25, 0.3) is 5.70 Å². The van der Waals surface area contributed by atoms with Crippen molar-refractivity contribution in [2.45, 2.75) is 111 Å². The summed E-state index contributed by atoms with van der Waals surface area (Å²) < 4.78 is 58.0. The summed E-state index contributed by atoms with van der Waals surface area (Å²) in [5, 5.41) is 3.50. The Morgan fingerprint density at radius 3 is 1.73 bits per heavy atom. The summed E-state index contributed by atoms with van der Waals surface area (Å²) in [4.78, 5) is 16.7. The van der Waals surface area contributed by atoms with Gasteiger partial charge in [0.25, 0.3) is 4.92 Å². The molecule has 10 heteroatoms. The Balaban J connectivity index is 0. The molecule has 0 atom stereocenters. The van der Waals surface area contributed by atoms with Crippen LogP contribution in [0.1, 0.15) is 96.1 Å². The van der Waals surface area contributed by atoms with Crippen molar-refractivity contribution in [1.82, 2.24) is 5.32 Å². The molecule has 1 N–H and O–H groups in total. The van der Waals surface area contributed by atoms with E-state index in [1.807, 2.05) is 32.9 Å². The number of nitrogens with zero attached hydrogens (tertiary/aromatic N) is 1. The van der Waals surface area contributed by atoms with Gasteiger partial charge in [-0.3, -0.25) is 0 Å². The van der Waals surface area contributed by atoms with E-state index in [9.17, 15) is 31.2 Å². The van der Waals surface area contributed by atoms with Crippen LogP contribution < -0.4 is 5.32 Å². The number of rotatable bonds is 5. The maximum atomic E-state index is 11.5. The van der Waals surface area contributed by atoms with Crippen molar-refractivity contribution in [1.29, 1.82) is 0 Å². The van der Waals surface area contributed by atoms with Crippen LogP contribution in [0.15, 0.2) is 24.8 Å². The van der Waals surface area contributed by atoms with Crippen molar-refractivity contribution in [2.24, 2.45) is 5.92 Å². The van der Waals surface area contributed by atoms with E-state index in [4.69, 9.17) is 0 Å². The van der Waals surface area contributed by atoms with Gasteiger partial charge in [-0.1, -0.05) is 84.8 Å². The summed E-state index contributed by atoms with van der Waals surface area (Å²) in [6, 6.07) is 6.00. The summed E-state index contributed by atoms with van der Waals surface area (Å²) in [6.45, 7) is 5.18. The standard InChI is InChI=1S/C16H23N2O2.C7H14.C2H6.2CHF3/c1-12-9-10-15(18(19)20-3)11-16(12)13(2)17-14-7-5-4-6-8-14;1-7-5-3-2-4-6-7;1-2;2*2-1(3)4/h9-11,14,17H,2,4-8H2,1,3H3;7H,2-6H2,1H3;1-2H3;2*1H/q+1;;;;. The quantitative estimate of drug-likeness (QED) is 0.297. The van der Waals surface area contributed by atoms with Crippen molar-refractivity contribution in [3.8, 4) is 0 Å². The molecule has 2 aliphatic rings. The molecule has 0 heterocycles. The zero-order valence-electron chi connectivity index (χ0n) is 22.9. The number of halogens is 6. The average molecular weight is 544 g/mol. The second-order valence-electron chi connectivity index (χ2n) is 8.63. The molecule has 0 aliphatic heterocycles. The number of benzene rings is 1. The van der Waals surface area contributed by atoms with E-state index in [0.717, 1.165) is 22.7 Å². The first kappa shape index (κ1) is 36.9. The van der Waals surface area contributed by atoms with Crippen molar-refractivity contribution in [3.63, 3.8) is 0 Å². The molecule has 2 aliphatic carbocycles. The van der Waals surface area contributed by atoms with E-state index in [1.165, 1.54) is 71.3 Å². The van der Waals surface area contributed by atoms with Gasteiger partial charge < -0.3 is 5.32 Å². The van der Waals surface area contributed by atoms with Crippen LogP contribution in [0.3, 0.4) is 0 Å². The van der Waals surface area contributed by atoms with Gasteiger partial charge in [0, 0.05) is 29.4 Å². The first-order valence-electron chi connectivity index (χ1n) is 12.9. The maximum Gasteiger partial charge on any atom is 0.379 e. The second kappa shape index (κ2) is 22.9. The summed E-state index contributed by atoms with van der Waals surface area (Å²) in [6.07, 6.45) is 13.7. The zero-order chi connectivity index (χ0) is 28.8. The molecule has 0 spiro atoms. The Hall–Kier alpha value is -2.26. The van der Waals surface area contributed by atoms with Gasteiger partial charge in [-0.15, -0.1) is 0 Å². The third-order valence-electron chi connectivity index (χ3n) is 5.80. The molecule has 0 unspecified atom stereocenters. The third-order valence-corrected chi connectivity index (χ3v) is 5.80. The minimum Gasteiger partial charge on any atom is -0.382 e.